The number of hydrogen-bond acceptors (Lipinski definition) is 2. The lowest BCUT2D eigenvalue weighted by Gasteiger charge is -1.97. The van der Waals surface area contributed by atoms with Crippen molar-refractivity contribution in [2.24, 2.45) is 10.7 Å². The molecular weight excluding hydrogens is 140 g/mol. The van der Waals surface area contributed by atoms with Crippen LogP contribution in [0.2, 0.25) is 0 Å². The van der Waals surface area contributed by atoms with E-state index in [0.29, 0.717) is 5.84 Å². The van der Waals surface area contributed by atoms with Gasteiger partial charge in [-0.05, 0) is 0 Å². The molecule has 0 fully saturated rings. The first-order valence-electron chi connectivity index (χ1n) is 3.31. The summed E-state index contributed by atoms with van der Waals surface area (Å²) in [6.45, 7) is -0.263. The van der Waals surface area contributed by atoms with Crippen LogP contribution in [0.5, 0.6) is 0 Å². The maximum absolute atomic E-state index is 8.43. The molecule has 0 radical (unpaired) electrons. The van der Waals surface area contributed by atoms with Crippen molar-refractivity contribution < 1.29 is 5.11 Å². The van der Waals surface area contributed by atoms with Gasteiger partial charge in [-0.15, -0.1) is 0 Å². The number of nitrogens with two attached hydrogens (primary N) is 1. The number of aliphatic hydroxyl groups is 1. The van der Waals surface area contributed by atoms with Gasteiger partial charge in [0, 0.05) is 5.56 Å². The fraction of sp³-hybridized carbons (Fsp3) is 0.125. The van der Waals surface area contributed by atoms with Gasteiger partial charge in [-0.1, -0.05) is 30.3 Å². The third kappa shape index (κ3) is 2.05. The minimum Gasteiger partial charge on any atom is -0.383 e. The standard InChI is InChI=1S/C8H10N2O/c9-8(10-6-11)7-4-2-1-3-5-7/h1-5,11H,6H2,(H2,9,10). The molecule has 0 aliphatic heterocycles. The summed E-state index contributed by atoms with van der Waals surface area (Å²) < 4.78 is 0. The smallest absolute Gasteiger partial charge is 0.136 e. The Balaban J connectivity index is 2.85. The van der Waals surface area contributed by atoms with Gasteiger partial charge in [0.05, 0.1) is 0 Å². The van der Waals surface area contributed by atoms with Crippen molar-refractivity contribution in [1.82, 2.24) is 0 Å². The molecule has 11 heavy (non-hydrogen) atoms. The monoisotopic (exact) mass is 150 g/mol. The Labute approximate surface area is 65.2 Å². The van der Waals surface area contributed by atoms with Crippen LogP contribution < -0.4 is 5.73 Å². The highest BCUT2D eigenvalue weighted by molar-refractivity contribution is 5.97. The Hall–Kier alpha value is -1.35. The van der Waals surface area contributed by atoms with Crippen LogP contribution in [-0.4, -0.2) is 17.7 Å². The molecule has 0 bridgehead atoms. The first-order chi connectivity index (χ1) is 5.34. The zero-order valence-electron chi connectivity index (χ0n) is 6.07. The Morgan fingerprint density at radius 2 is 2.00 bits per heavy atom. The van der Waals surface area contributed by atoms with E-state index in [1.807, 2.05) is 30.3 Å². The Bertz CT molecular complexity index is 244. The fourth-order valence-corrected chi connectivity index (χ4v) is 0.776. The van der Waals surface area contributed by atoms with Gasteiger partial charge in [-0.3, -0.25) is 0 Å². The summed E-state index contributed by atoms with van der Waals surface area (Å²) in [6.07, 6.45) is 0. The molecule has 0 heterocycles. The van der Waals surface area contributed by atoms with Crippen LogP contribution in [0.25, 0.3) is 0 Å². The van der Waals surface area contributed by atoms with Crippen LogP contribution in [0.3, 0.4) is 0 Å². The van der Waals surface area contributed by atoms with E-state index in [4.69, 9.17) is 10.8 Å². The first-order valence-corrected chi connectivity index (χ1v) is 3.31. The van der Waals surface area contributed by atoms with Gasteiger partial charge in [-0.2, -0.15) is 0 Å². The maximum atomic E-state index is 8.43. The topological polar surface area (TPSA) is 58.6 Å². The van der Waals surface area contributed by atoms with Crippen LogP contribution >= 0.6 is 0 Å². The highest BCUT2D eigenvalue weighted by atomic mass is 16.3. The lowest BCUT2D eigenvalue weighted by atomic mass is 10.2. The summed E-state index contributed by atoms with van der Waals surface area (Å²) in [4.78, 5) is 3.64. The van der Waals surface area contributed by atoms with Crippen LogP contribution in [0.15, 0.2) is 35.3 Å². The number of aliphatic imine (C=N–C) groups is 1. The Kier molecular flexibility index (Phi) is 2.63. The number of hydrogen-bond donors (Lipinski definition) is 2. The lowest BCUT2D eigenvalue weighted by molar-refractivity contribution is 0.309. The number of benzene rings is 1. The van der Waals surface area contributed by atoms with Gasteiger partial charge in [0.1, 0.15) is 12.6 Å². The van der Waals surface area contributed by atoms with Crippen molar-refractivity contribution in [3.8, 4) is 0 Å². The molecule has 1 aromatic carbocycles. The summed E-state index contributed by atoms with van der Waals surface area (Å²) in [5.41, 5.74) is 6.33. The first kappa shape index (κ1) is 7.75. The molecule has 0 aliphatic carbocycles. The molecule has 0 aromatic heterocycles. The third-order valence-corrected chi connectivity index (χ3v) is 1.31. The second kappa shape index (κ2) is 3.73. The van der Waals surface area contributed by atoms with E-state index in [2.05, 4.69) is 4.99 Å². The fourth-order valence-electron chi connectivity index (χ4n) is 0.776. The van der Waals surface area contributed by atoms with Crippen LogP contribution in [-0.2, 0) is 0 Å². The summed E-state index contributed by atoms with van der Waals surface area (Å²) in [6, 6.07) is 9.32. The molecule has 1 rings (SSSR count). The highest BCUT2D eigenvalue weighted by Crippen LogP contribution is 1.96. The van der Waals surface area contributed by atoms with Crippen LogP contribution in [0, 0.1) is 0 Å². The molecule has 0 amide bonds. The lowest BCUT2D eigenvalue weighted by Crippen LogP contribution is -2.13. The van der Waals surface area contributed by atoms with Crippen molar-refractivity contribution in [3.63, 3.8) is 0 Å². The molecule has 0 spiro atoms. The van der Waals surface area contributed by atoms with E-state index in [-0.39, 0.29) is 6.73 Å². The van der Waals surface area contributed by atoms with Crippen molar-refractivity contribution in [1.29, 1.82) is 0 Å². The van der Waals surface area contributed by atoms with E-state index in [9.17, 15) is 0 Å². The molecule has 0 atom stereocenters. The normalized spacial score (nSPS) is 11.5. The van der Waals surface area contributed by atoms with Crippen molar-refractivity contribution in [3.05, 3.63) is 35.9 Å². The summed E-state index contributed by atoms with van der Waals surface area (Å²) in [7, 11) is 0. The zero-order valence-corrected chi connectivity index (χ0v) is 6.07. The highest BCUT2D eigenvalue weighted by Gasteiger charge is 1.93. The maximum Gasteiger partial charge on any atom is 0.136 e. The predicted molar refractivity (Wildman–Crippen MR) is 44.3 cm³/mol. The van der Waals surface area contributed by atoms with Crippen molar-refractivity contribution >= 4 is 5.84 Å². The Morgan fingerprint density at radius 3 is 2.55 bits per heavy atom. The average molecular weight is 150 g/mol. The second-order valence-corrected chi connectivity index (χ2v) is 2.05. The van der Waals surface area contributed by atoms with Gasteiger partial charge in [-0.25, -0.2) is 4.99 Å². The largest absolute Gasteiger partial charge is 0.383 e. The van der Waals surface area contributed by atoms with Gasteiger partial charge in [0.25, 0.3) is 0 Å². The number of aliphatic hydroxyl groups excluding tert-OH is 1. The van der Waals surface area contributed by atoms with Gasteiger partial charge < -0.3 is 10.8 Å². The molecule has 3 N–H and O–H groups in total. The van der Waals surface area contributed by atoms with Gasteiger partial charge >= 0.3 is 0 Å². The molecule has 58 valence electrons. The minimum absolute atomic E-state index is 0.263. The average Bonchev–Trinajstić information content (AvgIpc) is 2.07. The second-order valence-electron chi connectivity index (χ2n) is 2.05. The number of nitrogens with zero attached hydrogens (tertiary/aromatic N) is 1. The molecule has 3 heteroatoms. The quantitative estimate of drug-likeness (QED) is 0.472. The van der Waals surface area contributed by atoms with Gasteiger partial charge in [0.2, 0.25) is 0 Å². The molecular formula is C8H10N2O. The Morgan fingerprint density at radius 1 is 1.36 bits per heavy atom. The SMILES string of the molecule is N/C(=N\CO)c1ccccc1. The van der Waals surface area contributed by atoms with E-state index in [1.165, 1.54) is 0 Å². The van der Waals surface area contributed by atoms with E-state index in [1.54, 1.807) is 0 Å². The number of rotatable bonds is 2. The summed E-state index contributed by atoms with van der Waals surface area (Å²) in [5.74, 6) is 0.369. The molecule has 0 aliphatic rings. The third-order valence-electron chi connectivity index (χ3n) is 1.31. The number of amidine groups is 1. The molecule has 3 nitrogen and oxygen atoms in total. The predicted octanol–water partition coefficient (Wildman–Crippen LogP) is 0.342. The molecule has 0 saturated heterocycles. The zero-order chi connectivity index (χ0) is 8.10. The minimum atomic E-state index is -0.263. The molecule has 1 aromatic rings. The molecule has 0 saturated carbocycles. The summed E-state index contributed by atoms with van der Waals surface area (Å²) >= 11 is 0. The summed E-state index contributed by atoms with van der Waals surface area (Å²) in [5, 5.41) is 8.43. The van der Waals surface area contributed by atoms with Crippen LogP contribution in [0.4, 0.5) is 0 Å². The van der Waals surface area contributed by atoms with Crippen LogP contribution in [0.1, 0.15) is 5.56 Å². The van der Waals surface area contributed by atoms with E-state index < -0.39 is 0 Å². The van der Waals surface area contributed by atoms with E-state index >= 15 is 0 Å². The van der Waals surface area contributed by atoms with Gasteiger partial charge in [0.15, 0.2) is 0 Å². The van der Waals surface area contributed by atoms with Crippen molar-refractivity contribution in [2.75, 3.05) is 6.73 Å². The van der Waals surface area contributed by atoms with Crippen molar-refractivity contribution in [2.45, 2.75) is 0 Å². The molecule has 0 unspecified atom stereocenters. The van der Waals surface area contributed by atoms with E-state index in [0.717, 1.165) is 5.56 Å².